The molecule has 0 bridgehead atoms. The third-order valence-electron chi connectivity index (χ3n) is 6.09. The van der Waals surface area contributed by atoms with E-state index in [4.69, 9.17) is 0 Å². The van der Waals surface area contributed by atoms with E-state index in [1.807, 2.05) is 18.2 Å². The Bertz CT molecular complexity index is 1370. The van der Waals surface area contributed by atoms with Crippen molar-refractivity contribution in [2.45, 2.75) is 53.0 Å². The second-order valence-electron chi connectivity index (χ2n) is 8.22. The van der Waals surface area contributed by atoms with E-state index >= 15 is 0 Å². The summed E-state index contributed by atoms with van der Waals surface area (Å²) in [5.74, 6) is 0.576. The molecule has 0 aliphatic heterocycles. The van der Waals surface area contributed by atoms with Gasteiger partial charge in [0.15, 0.2) is 5.16 Å². The van der Waals surface area contributed by atoms with Gasteiger partial charge in [-0.1, -0.05) is 55.7 Å². The van der Waals surface area contributed by atoms with Crippen LogP contribution < -0.4 is 4.72 Å². The van der Waals surface area contributed by atoms with Gasteiger partial charge in [-0.25, -0.2) is 13.4 Å². The molecule has 170 valence electrons. The van der Waals surface area contributed by atoms with Gasteiger partial charge in [-0.05, 0) is 54.3 Å². The lowest BCUT2D eigenvalue weighted by molar-refractivity contribution is 0.443. The quantitative estimate of drug-likeness (QED) is 0.307. The molecule has 9 heteroatoms. The number of phenolic OH excluding ortho intramolecular Hbond substituents is 1. The fraction of sp³-hybridized carbons (Fsp3) is 0.250. The second kappa shape index (κ2) is 9.07. The van der Waals surface area contributed by atoms with Gasteiger partial charge in [0, 0.05) is 10.8 Å². The molecule has 1 heterocycles. The van der Waals surface area contributed by atoms with Crippen LogP contribution in [0.25, 0.3) is 10.8 Å². The third kappa shape index (κ3) is 4.56. The molecule has 5 rings (SSSR count). The summed E-state index contributed by atoms with van der Waals surface area (Å²) in [4.78, 5) is 4.76. The molecule has 4 aromatic rings. The molecule has 3 aromatic carbocycles. The molecule has 1 fully saturated rings. The Labute approximate surface area is 196 Å². The predicted molar refractivity (Wildman–Crippen MR) is 129 cm³/mol. The minimum absolute atomic E-state index is 0.0618. The Morgan fingerprint density at radius 2 is 1.73 bits per heavy atom. The Morgan fingerprint density at radius 3 is 2.42 bits per heavy atom. The maximum absolute atomic E-state index is 13.2. The van der Waals surface area contributed by atoms with E-state index in [1.165, 1.54) is 42.9 Å². The number of hydrogen-bond acceptors (Lipinski definition) is 6. The number of sulfonamides is 1. The summed E-state index contributed by atoms with van der Waals surface area (Å²) in [6.07, 6.45) is 7.44. The summed E-state index contributed by atoms with van der Waals surface area (Å²) in [7, 11) is -3.82. The van der Waals surface area contributed by atoms with Gasteiger partial charge in [-0.15, -0.1) is 0 Å². The largest absolute Gasteiger partial charge is 0.506 e. The molecule has 0 unspecified atom stereocenters. The van der Waals surface area contributed by atoms with Gasteiger partial charge in [-0.3, -0.25) is 9.82 Å². The molecule has 1 aliphatic rings. The zero-order chi connectivity index (χ0) is 22.8. The van der Waals surface area contributed by atoms with Crippen molar-refractivity contribution in [3.63, 3.8) is 0 Å². The molecule has 0 radical (unpaired) electrons. The summed E-state index contributed by atoms with van der Waals surface area (Å²) in [5.41, 5.74) is 1.59. The van der Waals surface area contributed by atoms with Gasteiger partial charge < -0.3 is 5.11 Å². The van der Waals surface area contributed by atoms with Crippen LogP contribution in [0, 0.1) is 0 Å². The Morgan fingerprint density at radius 1 is 1.00 bits per heavy atom. The van der Waals surface area contributed by atoms with Gasteiger partial charge in [-0.2, -0.15) is 5.10 Å². The number of benzene rings is 3. The number of aromatic amines is 1. The van der Waals surface area contributed by atoms with Gasteiger partial charge in [0.25, 0.3) is 10.0 Å². The molecule has 33 heavy (non-hydrogen) atoms. The molecule has 1 aliphatic carbocycles. The van der Waals surface area contributed by atoms with Crippen LogP contribution in [0.4, 0.5) is 5.69 Å². The molecule has 0 saturated heterocycles. The van der Waals surface area contributed by atoms with Crippen molar-refractivity contribution < 1.29 is 13.5 Å². The number of nitrogens with one attached hydrogen (secondary N) is 2. The number of rotatable bonds is 6. The Hall–Kier alpha value is -3.04. The van der Waals surface area contributed by atoms with Crippen LogP contribution in [0.15, 0.2) is 75.9 Å². The number of fused-ring (bicyclic) bond motifs is 1. The van der Waals surface area contributed by atoms with Crippen molar-refractivity contribution in [3.8, 4) is 5.75 Å². The van der Waals surface area contributed by atoms with Crippen LogP contribution in [0.5, 0.6) is 5.75 Å². The van der Waals surface area contributed by atoms with Crippen LogP contribution in [0.2, 0.25) is 0 Å². The highest BCUT2D eigenvalue weighted by Gasteiger charge is 2.21. The highest BCUT2D eigenvalue weighted by Crippen LogP contribution is 2.42. The van der Waals surface area contributed by atoms with Gasteiger partial charge in [0.05, 0.1) is 15.5 Å². The Balaban J connectivity index is 1.48. The summed E-state index contributed by atoms with van der Waals surface area (Å²) in [6, 6.07) is 16.0. The molecule has 0 amide bonds. The first-order valence-corrected chi connectivity index (χ1v) is 13.2. The minimum atomic E-state index is -3.82. The monoisotopic (exact) mass is 480 g/mol. The summed E-state index contributed by atoms with van der Waals surface area (Å²) >= 11 is 1.18. The maximum Gasteiger partial charge on any atom is 0.261 e. The van der Waals surface area contributed by atoms with Crippen LogP contribution in [0.3, 0.4) is 0 Å². The third-order valence-corrected chi connectivity index (χ3v) is 8.39. The number of nitrogens with zero attached hydrogens (tertiary/aromatic N) is 2. The highest BCUT2D eigenvalue weighted by molar-refractivity contribution is 7.99. The first-order chi connectivity index (χ1) is 16.0. The van der Waals surface area contributed by atoms with Crippen molar-refractivity contribution in [3.05, 3.63) is 66.5 Å². The van der Waals surface area contributed by atoms with Crippen molar-refractivity contribution in [1.82, 2.24) is 15.2 Å². The zero-order valence-corrected chi connectivity index (χ0v) is 19.5. The van der Waals surface area contributed by atoms with Crippen LogP contribution in [-0.4, -0.2) is 28.7 Å². The van der Waals surface area contributed by atoms with E-state index in [0.29, 0.717) is 32.4 Å². The lowest BCUT2D eigenvalue weighted by Gasteiger charge is -2.22. The first kappa shape index (κ1) is 21.8. The highest BCUT2D eigenvalue weighted by atomic mass is 32.2. The standard InChI is InChI=1S/C24H24N4O3S2/c29-23-20-9-5-4-8-19(20)21(14-22(23)32-24-25-15-26-27-24)28-33(30,31)18-12-10-17(11-13-18)16-6-2-1-3-7-16/h4-5,8-16,28-29H,1-3,6-7H2,(H,25,26,27). The number of anilines is 1. The van der Waals surface area contributed by atoms with Gasteiger partial charge >= 0.3 is 0 Å². The average molecular weight is 481 g/mol. The topological polar surface area (TPSA) is 108 Å². The fourth-order valence-electron chi connectivity index (χ4n) is 4.40. The van der Waals surface area contributed by atoms with E-state index < -0.39 is 10.0 Å². The van der Waals surface area contributed by atoms with E-state index in [9.17, 15) is 13.5 Å². The SMILES string of the molecule is O=S(=O)(Nc1cc(Sc2ncn[nH]2)c(O)c2ccccc12)c1ccc(C2CCCCC2)cc1. The maximum atomic E-state index is 13.2. The molecule has 0 atom stereocenters. The molecular formula is C24H24N4O3S2. The number of phenols is 1. The van der Waals surface area contributed by atoms with Crippen molar-refractivity contribution in [2.24, 2.45) is 0 Å². The Kier molecular flexibility index (Phi) is 5.99. The average Bonchev–Trinajstić information content (AvgIpc) is 3.36. The number of H-pyrrole nitrogens is 1. The first-order valence-electron chi connectivity index (χ1n) is 10.9. The summed E-state index contributed by atoms with van der Waals surface area (Å²) in [5, 5.41) is 19.0. The van der Waals surface area contributed by atoms with Crippen molar-refractivity contribution >= 4 is 38.2 Å². The molecule has 0 spiro atoms. The van der Waals surface area contributed by atoms with Crippen molar-refractivity contribution in [1.29, 1.82) is 0 Å². The van der Waals surface area contributed by atoms with Crippen LogP contribution in [-0.2, 0) is 10.0 Å². The van der Waals surface area contributed by atoms with E-state index in [2.05, 4.69) is 19.9 Å². The van der Waals surface area contributed by atoms with Gasteiger partial charge in [0.1, 0.15) is 12.1 Å². The van der Waals surface area contributed by atoms with Crippen LogP contribution >= 0.6 is 11.8 Å². The summed E-state index contributed by atoms with van der Waals surface area (Å²) < 4.78 is 29.2. The lowest BCUT2D eigenvalue weighted by atomic mass is 9.84. The number of aromatic nitrogens is 3. The van der Waals surface area contributed by atoms with E-state index in [1.54, 1.807) is 36.4 Å². The second-order valence-corrected chi connectivity index (χ2v) is 10.9. The minimum Gasteiger partial charge on any atom is -0.506 e. The number of aromatic hydroxyl groups is 1. The molecule has 1 saturated carbocycles. The van der Waals surface area contributed by atoms with Crippen LogP contribution in [0.1, 0.15) is 43.6 Å². The fourth-order valence-corrected chi connectivity index (χ4v) is 6.26. The lowest BCUT2D eigenvalue weighted by Crippen LogP contribution is -2.13. The van der Waals surface area contributed by atoms with E-state index in [-0.39, 0.29) is 10.6 Å². The predicted octanol–water partition coefficient (Wildman–Crippen LogP) is 5.66. The normalized spacial score (nSPS) is 15.0. The molecule has 1 aromatic heterocycles. The molecule has 7 nitrogen and oxygen atoms in total. The zero-order valence-electron chi connectivity index (χ0n) is 17.9. The van der Waals surface area contributed by atoms with Crippen molar-refractivity contribution in [2.75, 3.05) is 4.72 Å². The van der Waals surface area contributed by atoms with Gasteiger partial charge in [0.2, 0.25) is 0 Å². The smallest absolute Gasteiger partial charge is 0.261 e. The van der Waals surface area contributed by atoms with E-state index in [0.717, 1.165) is 12.8 Å². The molecule has 3 N–H and O–H groups in total. The summed E-state index contributed by atoms with van der Waals surface area (Å²) in [6.45, 7) is 0. The molecular weight excluding hydrogens is 456 g/mol. The number of hydrogen-bond donors (Lipinski definition) is 3.